The smallest absolute Gasteiger partial charge is 0.310 e. The lowest BCUT2D eigenvalue weighted by atomic mass is 9.78. The highest BCUT2D eigenvalue weighted by Crippen LogP contribution is 2.35. The van der Waals surface area contributed by atoms with Gasteiger partial charge in [-0.3, -0.25) is 9.59 Å². The van der Waals surface area contributed by atoms with Crippen molar-refractivity contribution >= 4 is 11.9 Å². The van der Waals surface area contributed by atoms with Crippen LogP contribution < -0.4 is 0 Å². The molecule has 2 aliphatic carbocycles. The molecule has 150 valence electrons. The van der Waals surface area contributed by atoms with Crippen molar-refractivity contribution in [3.05, 3.63) is 0 Å². The van der Waals surface area contributed by atoms with Crippen LogP contribution in [0.1, 0.15) is 85.5 Å². The minimum Gasteiger partial charge on any atom is -0.465 e. The van der Waals surface area contributed by atoms with E-state index in [0.29, 0.717) is 24.4 Å². The van der Waals surface area contributed by atoms with Gasteiger partial charge in [0.2, 0.25) is 0 Å². The van der Waals surface area contributed by atoms with E-state index >= 15 is 0 Å². The van der Waals surface area contributed by atoms with E-state index in [2.05, 4.69) is 27.7 Å². The van der Waals surface area contributed by atoms with E-state index in [9.17, 15) is 9.59 Å². The van der Waals surface area contributed by atoms with Crippen molar-refractivity contribution < 1.29 is 19.1 Å². The summed E-state index contributed by atoms with van der Waals surface area (Å²) in [7, 11) is 0. The van der Waals surface area contributed by atoms with Gasteiger partial charge in [-0.25, -0.2) is 0 Å². The van der Waals surface area contributed by atoms with Gasteiger partial charge in [0.05, 0.1) is 18.4 Å². The molecule has 0 aromatic heterocycles. The fourth-order valence-corrected chi connectivity index (χ4v) is 4.69. The summed E-state index contributed by atoms with van der Waals surface area (Å²) in [5, 5.41) is 0. The van der Waals surface area contributed by atoms with E-state index < -0.39 is 0 Å². The van der Waals surface area contributed by atoms with E-state index in [1.807, 2.05) is 0 Å². The molecule has 2 rings (SSSR count). The first kappa shape index (κ1) is 21.2. The first-order chi connectivity index (χ1) is 12.4. The van der Waals surface area contributed by atoms with E-state index in [0.717, 1.165) is 51.4 Å². The van der Waals surface area contributed by atoms with Crippen molar-refractivity contribution in [2.45, 2.75) is 91.6 Å². The third-order valence-electron chi connectivity index (χ3n) is 5.96. The Morgan fingerprint density at radius 3 is 2.08 bits per heavy atom. The van der Waals surface area contributed by atoms with Crippen LogP contribution in [0.3, 0.4) is 0 Å². The third kappa shape index (κ3) is 6.59. The van der Waals surface area contributed by atoms with Crippen LogP contribution in [-0.2, 0) is 19.1 Å². The molecule has 0 radical (unpaired) electrons. The summed E-state index contributed by atoms with van der Waals surface area (Å²) in [5.74, 6) is 0.837. The zero-order chi connectivity index (χ0) is 19.1. The average molecular weight is 367 g/mol. The molecule has 0 aliphatic heterocycles. The summed E-state index contributed by atoms with van der Waals surface area (Å²) in [6.07, 6.45) is 8.57. The third-order valence-corrected chi connectivity index (χ3v) is 5.96. The molecule has 4 unspecified atom stereocenters. The van der Waals surface area contributed by atoms with Crippen molar-refractivity contribution in [3.63, 3.8) is 0 Å². The van der Waals surface area contributed by atoms with Crippen molar-refractivity contribution in [1.29, 1.82) is 0 Å². The van der Waals surface area contributed by atoms with Gasteiger partial charge < -0.3 is 9.47 Å². The van der Waals surface area contributed by atoms with Gasteiger partial charge >= 0.3 is 11.9 Å². The maximum absolute atomic E-state index is 12.8. The number of esters is 2. The van der Waals surface area contributed by atoms with E-state index in [4.69, 9.17) is 9.47 Å². The first-order valence-electron chi connectivity index (χ1n) is 10.7. The molecule has 4 nitrogen and oxygen atoms in total. The molecule has 2 saturated carbocycles. The standard InChI is InChI=1S/C22H38O4/c1-15(2)8-7-11-25-21(23)19-9-5-6-10-20(19)22(24)26-18-13-16(3)12-17(4)14-18/h15-20H,5-14H2,1-4H3. The molecule has 0 bridgehead atoms. The summed E-state index contributed by atoms with van der Waals surface area (Å²) in [6.45, 7) is 9.26. The molecule has 0 amide bonds. The van der Waals surface area contributed by atoms with Gasteiger partial charge in [-0.05, 0) is 62.7 Å². The monoisotopic (exact) mass is 366 g/mol. The van der Waals surface area contributed by atoms with Gasteiger partial charge in [0.25, 0.3) is 0 Å². The molecule has 0 spiro atoms. The van der Waals surface area contributed by atoms with Crippen LogP contribution in [0.2, 0.25) is 0 Å². The quantitative estimate of drug-likeness (QED) is 0.462. The molecule has 0 heterocycles. The van der Waals surface area contributed by atoms with Crippen LogP contribution >= 0.6 is 0 Å². The number of rotatable bonds is 7. The van der Waals surface area contributed by atoms with Gasteiger partial charge in [0.1, 0.15) is 6.10 Å². The minimum absolute atomic E-state index is 0.0193. The molecule has 26 heavy (non-hydrogen) atoms. The SMILES string of the molecule is CC(C)CCCOC(=O)C1CCCCC1C(=O)OC1CC(C)CC(C)C1. The summed E-state index contributed by atoms with van der Waals surface area (Å²) in [4.78, 5) is 25.3. The zero-order valence-electron chi connectivity index (χ0n) is 17.2. The predicted octanol–water partition coefficient (Wildman–Crippen LogP) is 5.14. The molecular formula is C22H38O4. The number of hydrogen-bond donors (Lipinski definition) is 0. The Balaban J connectivity index is 1.86. The number of ether oxygens (including phenoxy) is 2. The normalized spacial score (nSPS) is 32.3. The maximum Gasteiger partial charge on any atom is 0.310 e. The Kier molecular flexibility index (Phi) is 8.43. The Morgan fingerprint density at radius 2 is 1.50 bits per heavy atom. The van der Waals surface area contributed by atoms with Crippen molar-refractivity contribution in [1.82, 2.24) is 0 Å². The second-order valence-electron chi connectivity index (χ2n) is 9.18. The van der Waals surface area contributed by atoms with Crippen molar-refractivity contribution in [3.8, 4) is 0 Å². The van der Waals surface area contributed by atoms with Gasteiger partial charge in [0, 0.05) is 0 Å². The molecule has 4 atom stereocenters. The average Bonchev–Trinajstić information content (AvgIpc) is 2.57. The highest BCUT2D eigenvalue weighted by Gasteiger charge is 2.39. The number of carbonyl (C=O) groups is 2. The van der Waals surface area contributed by atoms with E-state index in [1.54, 1.807) is 0 Å². The second kappa shape index (κ2) is 10.3. The van der Waals surface area contributed by atoms with E-state index in [-0.39, 0.29) is 29.9 Å². The Hall–Kier alpha value is -1.06. The van der Waals surface area contributed by atoms with Crippen molar-refractivity contribution in [2.24, 2.45) is 29.6 Å². The summed E-state index contributed by atoms with van der Waals surface area (Å²) in [6, 6.07) is 0. The topological polar surface area (TPSA) is 52.6 Å². The van der Waals surface area contributed by atoms with Crippen LogP contribution in [-0.4, -0.2) is 24.6 Å². The number of hydrogen-bond acceptors (Lipinski definition) is 4. The summed E-state index contributed by atoms with van der Waals surface area (Å²) < 4.78 is 11.4. The lowest BCUT2D eigenvalue weighted by Gasteiger charge is -2.34. The highest BCUT2D eigenvalue weighted by molar-refractivity contribution is 5.82. The molecular weight excluding hydrogens is 328 g/mol. The van der Waals surface area contributed by atoms with Crippen molar-refractivity contribution in [2.75, 3.05) is 6.61 Å². The Morgan fingerprint density at radius 1 is 0.923 bits per heavy atom. The van der Waals surface area contributed by atoms with E-state index in [1.165, 1.54) is 6.42 Å². The molecule has 2 aliphatic rings. The fourth-order valence-electron chi connectivity index (χ4n) is 4.69. The summed E-state index contributed by atoms with van der Waals surface area (Å²) >= 11 is 0. The summed E-state index contributed by atoms with van der Waals surface area (Å²) in [5.41, 5.74) is 0. The highest BCUT2D eigenvalue weighted by atomic mass is 16.5. The number of carbonyl (C=O) groups excluding carboxylic acids is 2. The van der Waals surface area contributed by atoms with Gasteiger partial charge in [-0.15, -0.1) is 0 Å². The molecule has 4 heteroatoms. The Bertz CT molecular complexity index is 449. The predicted molar refractivity (Wildman–Crippen MR) is 103 cm³/mol. The van der Waals surface area contributed by atoms with Gasteiger partial charge in [0.15, 0.2) is 0 Å². The van der Waals surface area contributed by atoms with Crippen LogP contribution in [0, 0.1) is 29.6 Å². The zero-order valence-corrected chi connectivity index (χ0v) is 17.2. The maximum atomic E-state index is 12.8. The second-order valence-corrected chi connectivity index (χ2v) is 9.18. The minimum atomic E-state index is -0.311. The largest absolute Gasteiger partial charge is 0.465 e. The molecule has 0 aromatic carbocycles. The molecule has 0 N–H and O–H groups in total. The van der Waals surface area contributed by atoms with Crippen LogP contribution in [0.25, 0.3) is 0 Å². The molecule has 2 fully saturated rings. The van der Waals surface area contributed by atoms with Gasteiger partial charge in [-0.1, -0.05) is 40.5 Å². The fraction of sp³-hybridized carbons (Fsp3) is 0.909. The van der Waals surface area contributed by atoms with Crippen LogP contribution in [0.5, 0.6) is 0 Å². The van der Waals surface area contributed by atoms with Crippen LogP contribution in [0.4, 0.5) is 0 Å². The first-order valence-corrected chi connectivity index (χ1v) is 10.7. The lowest BCUT2D eigenvalue weighted by molar-refractivity contribution is -0.168. The molecule has 0 saturated heterocycles. The molecule has 0 aromatic rings. The Labute approximate surface area is 159 Å². The van der Waals surface area contributed by atoms with Gasteiger partial charge in [-0.2, -0.15) is 0 Å². The lowest BCUT2D eigenvalue weighted by Crippen LogP contribution is -2.38. The van der Waals surface area contributed by atoms with Crippen LogP contribution in [0.15, 0.2) is 0 Å².